The Morgan fingerprint density at radius 2 is 1.75 bits per heavy atom. The van der Waals surface area contributed by atoms with Gasteiger partial charge in [-0.1, -0.05) is 6.07 Å². The molecule has 2 aromatic carbocycles. The highest BCUT2D eigenvalue weighted by molar-refractivity contribution is 5.74. The monoisotopic (exact) mass is 386 g/mol. The smallest absolute Gasteiger partial charge is 0.255 e. The van der Waals surface area contributed by atoms with Gasteiger partial charge in [0, 0.05) is 13.1 Å². The van der Waals surface area contributed by atoms with E-state index in [-0.39, 0.29) is 11.8 Å². The van der Waals surface area contributed by atoms with E-state index in [4.69, 9.17) is 14.7 Å². The molecule has 2 N–H and O–H groups in total. The fourth-order valence-corrected chi connectivity index (χ4v) is 4.45. The molecule has 1 saturated carbocycles. The standard InChI is InChI=1S/C21H26N2O5/c1-27-16-7-6-14(12-17(16)28-15-4-2-3-5-15)13-8-10-23(11-9-13)19-18(22-26)20(24)21(19)25/h6-7,12-13,15,22,26H,2-5,8-11H2,1H3. The molecule has 150 valence electrons. The van der Waals surface area contributed by atoms with E-state index < -0.39 is 10.9 Å². The number of methoxy groups -OCH3 is 1. The first-order chi connectivity index (χ1) is 13.6. The van der Waals surface area contributed by atoms with E-state index in [9.17, 15) is 9.59 Å². The van der Waals surface area contributed by atoms with Crippen molar-refractivity contribution in [2.45, 2.75) is 50.5 Å². The van der Waals surface area contributed by atoms with Crippen molar-refractivity contribution in [3.05, 3.63) is 44.2 Å². The van der Waals surface area contributed by atoms with Crippen molar-refractivity contribution < 1.29 is 14.7 Å². The highest BCUT2D eigenvalue weighted by Gasteiger charge is 2.30. The zero-order valence-electron chi connectivity index (χ0n) is 16.1. The summed E-state index contributed by atoms with van der Waals surface area (Å²) in [6, 6.07) is 6.14. The highest BCUT2D eigenvalue weighted by Crippen LogP contribution is 2.37. The second-order valence-electron chi connectivity index (χ2n) is 7.69. The minimum atomic E-state index is -0.650. The summed E-state index contributed by atoms with van der Waals surface area (Å²) in [5, 5.41) is 9.07. The van der Waals surface area contributed by atoms with E-state index >= 15 is 0 Å². The third kappa shape index (κ3) is 3.35. The lowest BCUT2D eigenvalue weighted by Gasteiger charge is -2.35. The van der Waals surface area contributed by atoms with E-state index in [1.54, 1.807) is 7.11 Å². The lowest BCUT2D eigenvalue weighted by molar-refractivity contribution is 0.200. The molecule has 0 aromatic heterocycles. The predicted octanol–water partition coefficient (Wildman–Crippen LogP) is 2.80. The molecule has 28 heavy (non-hydrogen) atoms. The number of nitrogens with one attached hydrogen (secondary N) is 1. The largest absolute Gasteiger partial charge is 0.493 e. The van der Waals surface area contributed by atoms with Crippen LogP contribution in [0, 0.1) is 0 Å². The Labute approximate surface area is 163 Å². The highest BCUT2D eigenvalue weighted by atomic mass is 16.5. The molecular weight excluding hydrogens is 360 g/mol. The molecule has 0 unspecified atom stereocenters. The van der Waals surface area contributed by atoms with E-state index in [0.29, 0.717) is 24.7 Å². The second-order valence-corrected chi connectivity index (χ2v) is 7.69. The Bertz CT molecular complexity index is 904. The van der Waals surface area contributed by atoms with Crippen molar-refractivity contribution >= 4 is 11.4 Å². The van der Waals surface area contributed by atoms with Gasteiger partial charge in [-0.3, -0.25) is 20.3 Å². The molecule has 2 fully saturated rings. The summed E-state index contributed by atoms with van der Waals surface area (Å²) in [5.41, 5.74) is 2.22. The topological polar surface area (TPSA) is 88.1 Å². The minimum absolute atomic E-state index is 0.0140. The van der Waals surface area contributed by atoms with Gasteiger partial charge in [0.2, 0.25) is 0 Å². The normalized spacial score (nSPS) is 18.6. The average Bonchev–Trinajstić information content (AvgIpc) is 3.24. The molecule has 0 amide bonds. The molecule has 2 aliphatic rings. The van der Waals surface area contributed by atoms with Crippen molar-refractivity contribution in [3.63, 3.8) is 0 Å². The molecule has 1 aliphatic heterocycles. The third-order valence-corrected chi connectivity index (χ3v) is 6.06. The van der Waals surface area contributed by atoms with Gasteiger partial charge in [-0.2, -0.15) is 0 Å². The predicted molar refractivity (Wildman–Crippen MR) is 107 cm³/mol. The van der Waals surface area contributed by atoms with Crippen molar-refractivity contribution in [2.24, 2.45) is 0 Å². The summed E-state index contributed by atoms with van der Waals surface area (Å²) in [6.07, 6.45) is 6.60. The average molecular weight is 386 g/mol. The summed E-state index contributed by atoms with van der Waals surface area (Å²) in [7, 11) is 1.66. The van der Waals surface area contributed by atoms with Gasteiger partial charge in [-0.25, -0.2) is 0 Å². The quantitative estimate of drug-likeness (QED) is 0.583. The molecule has 1 heterocycles. The number of anilines is 2. The molecule has 0 atom stereocenters. The van der Waals surface area contributed by atoms with Gasteiger partial charge in [-0.05, 0) is 62.1 Å². The van der Waals surface area contributed by atoms with E-state index in [2.05, 4.69) is 12.1 Å². The van der Waals surface area contributed by atoms with Gasteiger partial charge in [0.15, 0.2) is 11.5 Å². The van der Waals surface area contributed by atoms with Crippen LogP contribution in [0.5, 0.6) is 11.5 Å². The second kappa shape index (κ2) is 7.83. The minimum Gasteiger partial charge on any atom is -0.493 e. The van der Waals surface area contributed by atoms with Crippen molar-refractivity contribution in [1.29, 1.82) is 0 Å². The van der Waals surface area contributed by atoms with Crippen LogP contribution in [-0.2, 0) is 0 Å². The number of nitrogens with zero attached hydrogens (tertiary/aromatic N) is 1. The number of hydrogen-bond acceptors (Lipinski definition) is 7. The number of piperidine rings is 1. The molecule has 7 nitrogen and oxygen atoms in total. The van der Waals surface area contributed by atoms with Crippen LogP contribution in [0.4, 0.5) is 11.4 Å². The van der Waals surface area contributed by atoms with Gasteiger partial charge in [-0.15, -0.1) is 0 Å². The van der Waals surface area contributed by atoms with Crippen LogP contribution < -0.4 is 30.7 Å². The SMILES string of the molecule is COc1ccc(C2CCN(c3c(NO)c(=O)c3=O)CC2)cc1OC1CCCC1. The summed E-state index contributed by atoms with van der Waals surface area (Å²) in [6.45, 7) is 1.32. The van der Waals surface area contributed by atoms with Crippen molar-refractivity contribution in [3.8, 4) is 11.5 Å². The molecule has 0 radical (unpaired) electrons. The maximum absolute atomic E-state index is 11.8. The van der Waals surface area contributed by atoms with Gasteiger partial charge >= 0.3 is 0 Å². The number of rotatable bonds is 6. The summed E-state index contributed by atoms with van der Waals surface area (Å²) in [4.78, 5) is 25.2. The van der Waals surface area contributed by atoms with Crippen molar-refractivity contribution in [2.75, 3.05) is 30.6 Å². The van der Waals surface area contributed by atoms with Crippen LogP contribution >= 0.6 is 0 Å². The summed E-state index contributed by atoms with van der Waals surface area (Å²) < 4.78 is 11.7. The van der Waals surface area contributed by atoms with Crippen LogP contribution in [0.25, 0.3) is 0 Å². The first-order valence-corrected chi connectivity index (χ1v) is 9.95. The molecule has 1 aliphatic carbocycles. The first-order valence-electron chi connectivity index (χ1n) is 9.95. The first kappa shape index (κ1) is 18.8. The molecular formula is C21H26N2O5. The molecule has 7 heteroatoms. The van der Waals surface area contributed by atoms with Crippen molar-refractivity contribution in [1.82, 2.24) is 0 Å². The lowest BCUT2D eigenvalue weighted by Crippen LogP contribution is -2.45. The maximum Gasteiger partial charge on any atom is 0.255 e. The zero-order chi connectivity index (χ0) is 19.7. The molecule has 2 aromatic rings. The number of benzene rings is 1. The van der Waals surface area contributed by atoms with Gasteiger partial charge in [0.25, 0.3) is 10.9 Å². The molecule has 1 saturated heterocycles. The fourth-order valence-electron chi connectivity index (χ4n) is 4.45. The van der Waals surface area contributed by atoms with Crippen LogP contribution in [0.2, 0.25) is 0 Å². The van der Waals surface area contributed by atoms with E-state index in [1.165, 1.54) is 18.4 Å². The summed E-state index contributed by atoms with van der Waals surface area (Å²) in [5.74, 6) is 1.92. The Morgan fingerprint density at radius 1 is 1.04 bits per heavy atom. The van der Waals surface area contributed by atoms with Crippen LogP contribution in [-0.4, -0.2) is 31.5 Å². The number of ether oxygens (including phenoxy) is 2. The Morgan fingerprint density at radius 3 is 2.39 bits per heavy atom. The number of hydrogen-bond donors (Lipinski definition) is 2. The van der Waals surface area contributed by atoms with E-state index in [0.717, 1.165) is 37.2 Å². The Hall–Kier alpha value is -2.54. The lowest BCUT2D eigenvalue weighted by atomic mass is 9.88. The molecule has 0 bridgehead atoms. The van der Waals surface area contributed by atoms with Gasteiger partial charge in [0.1, 0.15) is 11.4 Å². The fraction of sp³-hybridized carbons (Fsp3) is 0.524. The van der Waals surface area contributed by atoms with Crippen LogP contribution in [0.15, 0.2) is 27.8 Å². The van der Waals surface area contributed by atoms with Crippen LogP contribution in [0.1, 0.15) is 50.0 Å². The summed E-state index contributed by atoms with van der Waals surface area (Å²) >= 11 is 0. The zero-order valence-corrected chi connectivity index (χ0v) is 16.1. The Balaban J connectivity index is 1.46. The van der Waals surface area contributed by atoms with Crippen LogP contribution in [0.3, 0.4) is 0 Å². The Kier molecular flexibility index (Phi) is 5.26. The molecule has 0 spiro atoms. The maximum atomic E-state index is 11.8. The van der Waals surface area contributed by atoms with E-state index in [1.807, 2.05) is 16.4 Å². The molecule has 4 rings (SSSR count). The van der Waals surface area contributed by atoms with Gasteiger partial charge in [0.05, 0.1) is 13.2 Å². The van der Waals surface area contributed by atoms with Gasteiger partial charge < -0.3 is 14.4 Å². The third-order valence-electron chi connectivity index (χ3n) is 6.06.